The molecule has 0 radical (unpaired) electrons. The van der Waals surface area contributed by atoms with Gasteiger partial charge >= 0.3 is 0 Å². The van der Waals surface area contributed by atoms with Gasteiger partial charge in [-0.1, -0.05) is 39.0 Å². The molecule has 1 fully saturated rings. The summed E-state index contributed by atoms with van der Waals surface area (Å²) in [5, 5.41) is 3.03. The van der Waals surface area contributed by atoms with Crippen molar-refractivity contribution in [3.63, 3.8) is 0 Å². The summed E-state index contributed by atoms with van der Waals surface area (Å²) >= 11 is 1.75. The summed E-state index contributed by atoms with van der Waals surface area (Å²) in [7, 11) is 0. The molecule has 0 bridgehead atoms. The van der Waals surface area contributed by atoms with Crippen LogP contribution in [-0.4, -0.2) is 42.1 Å². The van der Waals surface area contributed by atoms with E-state index in [0.717, 1.165) is 18.6 Å². The van der Waals surface area contributed by atoms with Gasteiger partial charge in [0.2, 0.25) is 11.8 Å². The largest absolute Gasteiger partial charge is 0.355 e. The van der Waals surface area contributed by atoms with Gasteiger partial charge in [-0.15, -0.1) is 11.8 Å². The summed E-state index contributed by atoms with van der Waals surface area (Å²) in [5.41, 5.74) is -0.343. The number of piperidine rings is 1. The van der Waals surface area contributed by atoms with Crippen molar-refractivity contribution in [2.24, 2.45) is 11.3 Å². The molecule has 4 nitrogen and oxygen atoms in total. The highest BCUT2D eigenvalue weighted by molar-refractivity contribution is 7.99. The maximum atomic E-state index is 12.3. The third-order valence-electron chi connectivity index (χ3n) is 4.21. The second-order valence-electron chi connectivity index (χ2n) is 7.27. The Morgan fingerprint density at radius 2 is 1.79 bits per heavy atom. The van der Waals surface area contributed by atoms with Crippen LogP contribution >= 0.6 is 11.8 Å². The Kier molecular flexibility index (Phi) is 6.72. The molecule has 1 N–H and O–H groups in total. The van der Waals surface area contributed by atoms with E-state index in [1.807, 2.05) is 43.9 Å². The molecule has 0 aromatic heterocycles. The SMILES string of the molecule is CC(C)(C)C(=O)N1CCC(C(=O)NCCSc2ccccc2)CC1. The third kappa shape index (κ3) is 5.55. The van der Waals surface area contributed by atoms with E-state index in [2.05, 4.69) is 17.4 Å². The third-order valence-corrected chi connectivity index (χ3v) is 5.22. The second kappa shape index (κ2) is 8.56. The van der Waals surface area contributed by atoms with E-state index < -0.39 is 0 Å². The van der Waals surface area contributed by atoms with Crippen LogP contribution in [0.4, 0.5) is 0 Å². The van der Waals surface area contributed by atoms with E-state index in [0.29, 0.717) is 19.6 Å². The van der Waals surface area contributed by atoms with E-state index >= 15 is 0 Å². The van der Waals surface area contributed by atoms with E-state index in [1.54, 1.807) is 11.8 Å². The lowest BCUT2D eigenvalue weighted by Gasteiger charge is -2.35. The maximum Gasteiger partial charge on any atom is 0.227 e. The Labute approximate surface area is 149 Å². The minimum Gasteiger partial charge on any atom is -0.355 e. The van der Waals surface area contributed by atoms with Gasteiger partial charge in [-0.25, -0.2) is 0 Å². The predicted molar refractivity (Wildman–Crippen MR) is 98.9 cm³/mol. The molecule has 2 amide bonds. The molecule has 0 atom stereocenters. The van der Waals surface area contributed by atoms with E-state index in [9.17, 15) is 9.59 Å². The van der Waals surface area contributed by atoms with E-state index in [1.165, 1.54) is 4.90 Å². The van der Waals surface area contributed by atoms with Crippen molar-refractivity contribution >= 4 is 23.6 Å². The molecule has 2 rings (SSSR count). The molecule has 1 aliphatic rings. The zero-order chi connectivity index (χ0) is 17.6. The summed E-state index contributed by atoms with van der Waals surface area (Å²) in [5.74, 6) is 1.22. The molecule has 1 saturated heterocycles. The molecule has 1 aliphatic heterocycles. The first kappa shape index (κ1) is 18.8. The number of hydrogen-bond acceptors (Lipinski definition) is 3. The fourth-order valence-corrected chi connectivity index (χ4v) is 3.61. The first-order valence-corrected chi connectivity index (χ1v) is 9.61. The van der Waals surface area contributed by atoms with Crippen molar-refractivity contribution in [1.82, 2.24) is 10.2 Å². The van der Waals surface area contributed by atoms with Crippen molar-refractivity contribution in [2.75, 3.05) is 25.4 Å². The van der Waals surface area contributed by atoms with Crippen LogP contribution in [0.5, 0.6) is 0 Å². The molecule has 0 saturated carbocycles. The minimum absolute atomic E-state index is 0.0377. The monoisotopic (exact) mass is 348 g/mol. The standard InChI is InChI=1S/C19H28N2O2S/c1-19(2,3)18(23)21-12-9-15(10-13-21)17(22)20-11-14-24-16-7-5-4-6-8-16/h4-8,15H,9-14H2,1-3H3,(H,20,22). The Balaban J connectivity index is 1.67. The molecule has 1 aromatic carbocycles. The molecule has 24 heavy (non-hydrogen) atoms. The number of nitrogens with one attached hydrogen (secondary N) is 1. The zero-order valence-electron chi connectivity index (χ0n) is 14.9. The molecule has 0 aliphatic carbocycles. The number of benzene rings is 1. The normalized spacial score (nSPS) is 16.0. The molecule has 0 unspecified atom stereocenters. The van der Waals surface area contributed by atoms with Crippen molar-refractivity contribution in [3.05, 3.63) is 30.3 Å². The van der Waals surface area contributed by atoms with Crippen LogP contribution in [0.25, 0.3) is 0 Å². The first-order valence-electron chi connectivity index (χ1n) is 8.63. The molecule has 5 heteroatoms. The molecule has 0 spiro atoms. The lowest BCUT2D eigenvalue weighted by Crippen LogP contribution is -2.46. The Bertz CT molecular complexity index is 546. The number of thioether (sulfide) groups is 1. The Morgan fingerprint density at radius 1 is 1.17 bits per heavy atom. The molecular weight excluding hydrogens is 320 g/mol. The number of carbonyl (C=O) groups excluding carboxylic acids is 2. The van der Waals surface area contributed by atoms with Crippen LogP contribution in [0.2, 0.25) is 0 Å². The molecule has 132 valence electrons. The quantitative estimate of drug-likeness (QED) is 0.657. The molecular formula is C19H28N2O2S. The number of likely N-dealkylation sites (tertiary alicyclic amines) is 1. The Hall–Kier alpha value is -1.49. The summed E-state index contributed by atoms with van der Waals surface area (Å²) in [4.78, 5) is 27.6. The zero-order valence-corrected chi connectivity index (χ0v) is 15.7. The molecule has 1 heterocycles. The topological polar surface area (TPSA) is 49.4 Å². The fourth-order valence-electron chi connectivity index (χ4n) is 2.82. The van der Waals surface area contributed by atoms with Crippen LogP contribution in [0.1, 0.15) is 33.6 Å². The predicted octanol–water partition coefficient (Wildman–Crippen LogP) is 3.18. The fraction of sp³-hybridized carbons (Fsp3) is 0.579. The maximum absolute atomic E-state index is 12.3. The highest BCUT2D eigenvalue weighted by Crippen LogP contribution is 2.23. The van der Waals surface area contributed by atoms with Gasteiger partial charge in [-0.3, -0.25) is 9.59 Å². The smallest absolute Gasteiger partial charge is 0.227 e. The number of carbonyl (C=O) groups is 2. The minimum atomic E-state index is -0.343. The average Bonchev–Trinajstić information content (AvgIpc) is 2.58. The van der Waals surface area contributed by atoms with Crippen LogP contribution in [0, 0.1) is 11.3 Å². The van der Waals surface area contributed by atoms with Crippen LogP contribution in [-0.2, 0) is 9.59 Å². The van der Waals surface area contributed by atoms with Crippen molar-refractivity contribution < 1.29 is 9.59 Å². The second-order valence-corrected chi connectivity index (χ2v) is 8.44. The van der Waals surface area contributed by atoms with Gasteiger partial charge in [-0.05, 0) is 25.0 Å². The number of amides is 2. The first-order chi connectivity index (χ1) is 11.4. The number of nitrogens with zero attached hydrogens (tertiary/aromatic N) is 1. The van der Waals surface area contributed by atoms with E-state index in [-0.39, 0.29) is 23.1 Å². The average molecular weight is 349 g/mol. The Morgan fingerprint density at radius 3 is 2.38 bits per heavy atom. The van der Waals surface area contributed by atoms with Gasteiger partial charge in [0.05, 0.1) is 0 Å². The number of rotatable bonds is 5. The van der Waals surface area contributed by atoms with Crippen molar-refractivity contribution in [2.45, 2.75) is 38.5 Å². The lowest BCUT2D eigenvalue weighted by molar-refractivity contribution is -0.142. The van der Waals surface area contributed by atoms with E-state index in [4.69, 9.17) is 0 Å². The van der Waals surface area contributed by atoms with Crippen LogP contribution < -0.4 is 5.32 Å². The van der Waals surface area contributed by atoms with Gasteiger partial charge < -0.3 is 10.2 Å². The van der Waals surface area contributed by atoms with Crippen molar-refractivity contribution in [1.29, 1.82) is 0 Å². The van der Waals surface area contributed by atoms with Gasteiger partial charge in [-0.2, -0.15) is 0 Å². The van der Waals surface area contributed by atoms with Gasteiger partial charge in [0.15, 0.2) is 0 Å². The van der Waals surface area contributed by atoms with Gasteiger partial charge in [0, 0.05) is 41.6 Å². The highest BCUT2D eigenvalue weighted by atomic mass is 32.2. The molecule has 1 aromatic rings. The summed E-state index contributed by atoms with van der Waals surface area (Å²) < 4.78 is 0. The van der Waals surface area contributed by atoms with Crippen LogP contribution in [0.3, 0.4) is 0 Å². The number of hydrogen-bond donors (Lipinski definition) is 1. The van der Waals surface area contributed by atoms with Crippen molar-refractivity contribution in [3.8, 4) is 0 Å². The lowest BCUT2D eigenvalue weighted by atomic mass is 9.91. The summed E-state index contributed by atoms with van der Waals surface area (Å²) in [6, 6.07) is 10.2. The summed E-state index contributed by atoms with van der Waals surface area (Å²) in [6.45, 7) is 7.88. The highest BCUT2D eigenvalue weighted by Gasteiger charge is 2.32. The van der Waals surface area contributed by atoms with Crippen LogP contribution in [0.15, 0.2) is 35.2 Å². The van der Waals surface area contributed by atoms with Gasteiger partial charge in [0.25, 0.3) is 0 Å². The summed E-state index contributed by atoms with van der Waals surface area (Å²) in [6.07, 6.45) is 1.53. The van der Waals surface area contributed by atoms with Gasteiger partial charge in [0.1, 0.15) is 0 Å².